The lowest BCUT2D eigenvalue weighted by atomic mass is 10.1. The molecule has 1 aliphatic heterocycles. The number of nitrogens with zero attached hydrogens (tertiary/aromatic N) is 1. The van der Waals surface area contributed by atoms with Crippen molar-refractivity contribution in [2.45, 2.75) is 25.9 Å². The monoisotopic (exact) mass is 196 g/mol. The second kappa shape index (κ2) is 3.78. The lowest BCUT2D eigenvalue weighted by Crippen LogP contribution is -2.38. The molecule has 0 fully saturated rings. The van der Waals surface area contributed by atoms with Gasteiger partial charge in [0, 0.05) is 30.6 Å². The van der Waals surface area contributed by atoms with Crippen LogP contribution in [-0.4, -0.2) is 24.0 Å². The van der Waals surface area contributed by atoms with E-state index in [1.54, 1.807) is 4.88 Å². The van der Waals surface area contributed by atoms with Crippen LogP contribution in [0.4, 0.5) is 0 Å². The summed E-state index contributed by atoms with van der Waals surface area (Å²) >= 11 is 1.89. The standard InChI is InChI=1S/C10H16N2S/c1-8(11)6-12-4-2-10-9(7-12)3-5-13-10/h3,5,8H,2,4,6-7,11H2,1H3. The molecule has 0 bridgehead atoms. The Morgan fingerprint density at radius 3 is 3.31 bits per heavy atom. The second-order valence-electron chi connectivity index (χ2n) is 3.83. The van der Waals surface area contributed by atoms with Crippen molar-refractivity contribution >= 4 is 11.3 Å². The van der Waals surface area contributed by atoms with Crippen molar-refractivity contribution in [2.24, 2.45) is 5.73 Å². The minimum Gasteiger partial charge on any atom is -0.327 e. The lowest BCUT2D eigenvalue weighted by molar-refractivity contribution is 0.244. The molecule has 13 heavy (non-hydrogen) atoms. The summed E-state index contributed by atoms with van der Waals surface area (Å²) < 4.78 is 0. The van der Waals surface area contributed by atoms with Gasteiger partial charge in [-0.2, -0.15) is 0 Å². The van der Waals surface area contributed by atoms with Gasteiger partial charge >= 0.3 is 0 Å². The fraction of sp³-hybridized carbons (Fsp3) is 0.600. The zero-order chi connectivity index (χ0) is 9.26. The van der Waals surface area contributed by atoms with Gasteiger partial charge in [-0.15, -0.1) is 11.3 Å². The van der Waals surface area contributed by atoms with Crippen molar-refractivity contribution in [3.05, 3.63) is 21.9 Å². The van der Waals surface area contributed by atoms with Crippen LogP contribution in [-0.2, 0) is 13.0 Å². The molecular weight excluding hydrogens is 180 g/mol. The first-order valence-corrected chi connectivity index (χ1v) is 5.67. The number of rotatable bonds is 2. The average Bonchev–Trinajstić information content (AvgIpc) is 2.49. The number of thiophene rings is 1. The quantitative estimate of drug-likeness (QED) is 0.776. The van der Waals surface area contributed by atoms with Gasteiger partial charge in [0.25, 0.3) is 0 Å². The first kappa shape index (κ1) is 9.19. The maximum atomic E-state index is 5.78. The summed E-state index contributed by atoms with van der Waals surface area (Å²) in [5, 5.41) is 2.19. The van der Waals surface area contributed by atoms with Crippen LogP contribution in [0.5, 0.6) is 0 Å². The van der Waals surface area contributed by atoms with Crippen LogP contribution in [0.15, 0.2) is 11.4 Å². The maximum absolute atomic E-state index is 5.78. The Labute approximate surface area is 83.4 Å². The van der Waals surface area contributed by atoms with E-state index in [-0.39, 0.29) is 0 Å². The normalized spacial score (nSPS) is 19.8. The predicted molar refractivity (Wildman–Crippen MR) is 56.9 cm³/mol. The lowest BCUT2D eigenvalue weighted by Gasteiger charge is -2.27. The molecule has 1 aromatic rings. The van der Waals surface area contributed by atoms with Gasteiger partial charge < -0.3 is 5.73 Å². The van der Waals surface area contributed by atoms with Crippen LogP contribution in [0.1, 0.15) is 17.4 Å². The molecule has 1 atom stereocenters. The molecule has 0 saturated heterocycles. The van der Waals surface area contributed by atoms with Crippen LogP contribution in [0.2, 0.25) is 0 Å². The fourth-order valence-corrected chi connectivity index (χ4v) is 2.76. The first-order chi connectivity index (χ1) is 6.25. The molecule has 0 saturated carbocycles. The summed E-state index contributed by atoms with van der Waals surface area (Å²) in [7, 11) is 0. The Bertz CT molecular complexity index is 280. The summed E-state index contributed by atoms with van der Waals surface area (Å²) in [5.41, 5.74) is 7.29. The van der Waals surface area contributed by atoms with Crippen molar-refractivity contribution in [3.8, 4) is 0 Å². The highest BCUT2D eigenvalue weighted by Gasteiger charge is 2.17. The summed E-state index contributed by atoms with van der Waals surface area (Å²) in [6, 6.07) is 2.54. The van der Waals surface area contributed by atoms with E-state index in [0.717, 1.165) is 13.1 Å². The smallest absolute Gasteiger partial charge is 0.0245 e. The third kappa shape index (κ3) is 2.10. The maximum Gasteiger partial charge on any atom is 0.0245 e. The minimum atomic E-state index is 0.292. The molecule has 3 heteroatoms. The van der Waals surface area contributed by atoms with Gasteiger partial charge in [-0.3, -0.25) is 4.90 Å². The molecule has 0 aromatic carbocycles. The second-order valence-corrected chi connectivity index (χ2v) is 4.83. The van der Waals surface area contributed by atoms with Gasteiger partial charge in [-0.05, 0) is 30.4 Å². The topological polar surface area (TPSA) is 29.3 Å². The fourth-order valence-electron chi connectivity index (χ4n) is 1.87. The van der Waals surface area contributed by atoms with E-state index in [0.29, 0.717) is 6.04 Å². The Hall–Kier alpha value is -0.380. The number of hydrogen-bond donors (Lipinski definition) is 1. The van der Waals surface area contributed by atoms with Crippen molar-refractivity contribution in [3.63, 3.8) is 0 Å². The Morgan fingerprint density at radius 1 is 1.69 bits per heavy atom. The van der Waals surface area contributed by atoms with Crippen LogP contribution >= 0.6 is 11.3 Å². The Morgan fingerprint density at radius 2 is 2.54 bits per heavy atom. The van der Waals surface area contributed by atoms with Gasteiger partial charge in [-0.25, -0.2) is 0 Å². The summed E-state index contributed by atoms with van der Waals surface area (Å²) in [6.45, 7) is 5.37. The third-order valence-corrected chi connectivity index (χ3v) is 3.46. The van der Waals surface area contributed by atoms with E-state index in [2.05, 4.69) is 23.3 Å². The highest BCUT2D eigenvalue weighted by Crippen LogP contribution is 2.23. The molecule has 72 valence electrons. The van der Waals surface area contributed by atoms with Gasteiger partial charge in [0.05, 0.1) is 0 Å². The number of fused-ring (bicyclic) bond motifs is 1. The van der Waals surface area contributed by atoms with E-state index in [1.165, 1.54) is 18.5 Å². The highest BCUT2D eigenvalue weighted by atomic mass is 32.1. The van der Waals surface area contributed by atoms with Gasteiger partial charge in [0.1, 0.15) is 0 Å². The Balaban J connectivity index is 2.00. The average molecular weight is 196 g/mol. The zero-order valence-electron chi connectivity index (χ0n) is 7.99. The molecule has 0 aliphatic carbocycles. The third-order valence-electron chi connectivity index (χ3n) is 2.43. The van der Waals surface area contributed by atoms with Gasteiger partial charge in [0.2, 0.25) is 0 Å². The van der Waals surface area contributed by atoms with Crippen molar-refractivity contribution < 1.29 is 0 Å². The van der Waals surface area contributed by atoms with Gasteiger partial charge in [-0.1, -0.05) is 0 Å². The highest BCUT2D eigenvalue weighted by molar-refractivity contribution is 7.10. The van der Waals surface area contributed by atoms with Crippen LogP contribution in [0, 0.1) is 0 Å². The predicted octanol–water partition coefficient (Wildman–Crippen LogP) is 1.45. The molecule has 2 nitrogen and oxygen atoms in total. The molecule has 1 aliphatic rings. The molecule has 0 spiro atoms. The summed E-state index contributed by atoms with van der Waals surface area (Å²) in [5.74, 6) is 0. The van der Waals surface area contributed by atoms with Gasteiger partial charge in [0.15, 0.2) is 0 Å². The van der Waals surface area contributed by atoms with E-state index in [4.69, 9.17) is 5.73 Å². The van der Waals surface area contributed by atoms with Crippen LogP contribution in [0.25, 0.3) is 0 Å². The molecule has 1 aromatic heterocycles. The van der Waals surface area contributed by atoms with Crippen molar-refractivity contribution in [1.82, 2.24) is 4.90 Å². The Kier molecular flexibility index (Phi) is 2.67. The summed E-state index contributed by atoms with van der Waals surface area (Å²) in [4.78, 5) is 4.01. The molecule has 2 rings (SSSR count). The number of nitrogens with two attached hydrogens (primary N) is 1. The van der Waals surface area contributed by atoms with E-state index >= 15 is 0 Å². The molecule has 0 amide bonds. The van der Waals surface area contributed by atoms with E-state index in [9.17, 15) is 0 Å². The molecule has 0 radical (unpaired) electrons. The molecular formula is C10H16N2S. The number of hydrogen-bond acceptors (Lipinski definition) is 3. The SMILES string of the molecule is CC(N)CN1CCc2sccc2C1. The first-order valence-electron chi connectivity index (χ1n) is 4.79. The minimum absolute atomic E-state index is 0.292. The summed E-state index contributed by atoms with van der Waals surface area (Å²) in [6.07, 6.45) is 1.21. The molecule has 1 unspecified atom stereocenters. The molecule has 2 N–H and O–H groups in total. The van der Waals surface area contributed by atoms with Crippen molar-refractivity contribution in [1.29, 1.82) is 0 Å². The molecule has 2 heterocycles. The van der Waals surface area contributed by atoms with Crippen LogP contribution in [0.3, 0.4) is 0 Å². The zero-order valence-corrected chi connectivity index (χ0v) is 8.81. The van der Waals surface area contributed by atoms with E-state index in [1.807, 2.05) is 11.3 Å². The van der Waals surface area contributed by atoms with Crippen molar-refractivity contribution in [2.75, 3.05) is 13.1 Å². The van der Waals surface area contributed by atoms with Crippen LogP contribution < -0.4 is 5.73 Å². The largest absolute Gasteiger partial charge is 0.327 e. The van der Waals surface area contributed by atoms with E-state index < -0.39 is 0 Å².